The molecule has 0 heterocycles. The van der Waals surface area contributed by atoms with Gasteiger partial charge in [0.15, 0.2) is 10.6 Å². The second-order valence-electron chi connectivity index (χ2n) is 5.82. The van der Waals surface area contributed by atoms with Crippen molar-refractivity contribution >= 4 is 53.0 Å². The van der Waals surface area contributed by atoms with E-state index in [2.05, 4.69) is 10.6 Å². The predicted octanol–water partition coefficient (Wildman–Crippen LogP) is 0.732. The van der Waals surface area contributed by atoms with Crippen LogP contribution in [0.15, 0.2) is 0 Å². The van der Waals surface area contributed by atoms with E-state index in [1.165, 1.54) is 0 Å². The number of ketones is 1. The molecular weight excluding hydrogens is 361 g/mol. The van der Waals surface area contributed by atoms with Crippen LogP contribution in [0.2, 0.25) is 0 Å². The summed E-state index contributed by atoms with van der Waals surface area (Å²) in [7, 11) is 0. The lowest BCUT2D eigenvalue weighted by Gasteiger charge is -2.24. The van der Waals surface area contributed by atoms with Crippen LogP contribution in [0, 0.1) is 5.41 Å². The molecule has 0 aromatic rings. The van der Waals surface area contributed by atoms with Crippen molar-refractivity contribution in [1.82, 2.24) is 10.6 Å². The van der Waals surface area contributed by atoms with Gasteiger partial charge in [-0.1, -0.05) is 23.2 Å². The fraction of sp³-hybridized carbons (Fsp3) is 0.643. The average Bonchev–Trinajstić information content (AvgIpc) is 2.46. The summed E-state index contributed by atoms with van der Waals surface area (Å²) < 4.78 is 5.18. The van der Waals surface area contributed by atoms with Crippen LogP contribution >= 0.6 is 23.2 Å². The Morgan fingerprint density at radius 2 is 1.79 bits per heavy atom. The van der Waals surface area contributed by atoms with E-state index < -0.39 is 46.6 Å². The molecule has 0 aliphatic carbocycles. The van der Waals surface area contributed by atoms with E-state index in [0.717, 1.165) is 0 Å². The van der Waals surface area contributed by atoms with Gasteiger partial charge in [-0.2, -0.15) is 0 Å². The van der Waals surface area contributed by atoms with E-state index in [-0.39, 0.29) is 12.8 Å². The molecule has 1 atom stereocenters. The average molecular weight is 382 g/mol. The highest BCUT2D eigenvalue weighted by molar-refractivity contribution is 6.53. The molecule has 1 unspecified atom stereocenters. The lowest BCUT2D eigenvalue weighted by Crippen LogP contribution is -2.48. The van der Waals surface area contributed by atoms with E-state index in [0.29, 0.717) is 6.21 Å². The number of esters is 1. The Morgan fingerprint density at radius 3 is 2.25 bits per heavy atom. The van der Waals surface area contributed by atoms with Crippen LogP contribution in [0.1, 0.15) is 33.6 Å². The van der Waals surface area contributed by atoms with Crippen molar-refractivity contribution in [2.24, 2.45) is 0 Å². The molecule has 0 fully saturated rings. The van der Waals surface area contributed by atoms with Gasteiger partial charge in [-0.3, -0.25) is 14.4 Å². The van der Waals surface area contributed by atoms with Crippen LogP contribution in [0.4, 0.5) is 0 Å². The number of hydrogen-bond donors (Lipinski definition) is 3. The number of carbonyl (C=O) groups is 4. The monoisotopic (exact) mass is 381 g/mol. The summed E-state index contributed by atoms with van der Waals surface area (Å²) in [4.78, 5) is 45.0. The van der Waals surface area contributed by atoms with Gasteiger partial charge < -0.3 is 20.8 Å². The number of rotatable bonds is 9. The predicted molar refractivity (Wildman–Crippen MR) is 89.3 cm³/mol. The Kier molecular flexibility index (Phi) is 9.53. The minimum absolute atomic E-state index is 0.0313. The highest BCUT2D eigenvalue weighted by atomic mass is 35.5. The number of nitrogens with one attached hydrogen (secondary N) is 3. The summed E-state index contributed by atoms with van der Waals surface area (Å²) in [5.41, 5.74) is -0.774. The molecule has 8 nitrogen and oxygen atoms in total. The Morgan fingerprint density at radius 1 is 1.21 bits per heavy atom. The summed E-state index contributed by atoms with van der Waals surface area (Å²) >= 11 is 10.7. The minimum Gasteiger partial charge on any atom is -0.458 e. The SMILES string of the molecule is CC(C)(C)OC(=O)C(CCC(=O)C=N)NC(=O)CNC(=O)C(Cl)Cl. The number of alkyl halides is 2. The third-order valence-corrected chi connectivity index (χ3v) is 2.88. The van der Waals surface area contributed by atoms with Gasteiger partial charge in [0.25, 0.3) is 5.91 Å². The summed E-state index contributed by atoms with van der Waals surface area (Å²) in [6.45, 7) is 4.54. The number of ether oxygens (including phenoxy) is 1. The van der Waals surface area contributed by atoms with Gasteiger partial charge in [0.1, 0.15) is 11.6 Å². The summed E-state index contributed by atoms with van der Waals surface area (Å²) in [6.07, 6.45) is 0.497. The van der Waals surface area contributed by atoms with Crippen LogP contribution in [0.3, 0.4) is 0 Å². The molecule has 0 aromatic carbocycles. The van der Waals surface area contributed by atoms with Crippen molar-refractivity contribution < 1.29 is 23.9 Å². The maximum atomic E-state index is 12.1. The van der Waals surface area contributed by atoms with Crippen LogP contribution in [0.5, 0.6) is 0 Å². The van der Waals surface area contributed by atoms with Gasteiger partial charge in [-0.25, -0.2) is 4.79 Å². The molecule has 0 radical (unpaired) electrons. The van der Waals surface area contributed by atoms with Crippen molar-refractivity contribution in [3.8, 4) is 0 Å². The van der Waals surface area contributed by atoms with Gasteiger partial charge in [0.2, 0.25) is 5.91 Å². The zero-order chi connectivity index (χ0) is 18.9. The first kappa shape index (κ1) is 22.3. The molecule has 3 N–H and O–H groups in total. The third kappa shape index (κ3) is 10.2. The fourth-order valence-corrected chi connectivity index (χ4v) is 1.62. The van der Waals surface area contributed by atoms with Crippen molar-refractivity contribution in [3.05, 3.63) is 0 Å². The molecule has 0 rings (SSSR count). The number of halogens is 2. The highest BCUT2D eigenvalue weighted by Crippen LogP contribution is 2.11. The largest absolute Gasteiger partial charge is 0.458 e. The molecule has 0 saturated heterocycles. The lowest BCUT2D eigenvalue weighted by molar-refractivity contribution is -0.158. The molecule has 0 aromatic heterocycles. The second-order valence-corrected chi connectivity index (χ2v) is 6.92. The first-order valence-electron chi connectivity index (χ1n) is 7.07. The van der Waals surface area contributed by atoms with Crippen LogP contribution in [-0.2, 0) is 23.9 Å². The maximum Gasteiger partial charge on any atom is 0.329 e. The van der Waals surface area contributed by atoms with E-state index in [9.17, 15) is 19.2 Å². The third-order valence-electron chi connectivity index (χ3n) is 2.49. The Balaban J connectivity index is 4.76. The molecule has 0 bridgehead atoms. The van der Waals surface area contributed by atoms with E-state index in [1.807, 2.05) is 0 Å². The van der Waals surface area contributed by atoms with E-state index >= 15 is 0 Å². The number of hydrogen-bond acceptors (Lipinski definition) is 6. The number of carbonyl (C=O) groups excluding carboxylic acids is 4. The molecular formula is C14H21Cl2N3O5. The Labute approximate surface area is 150 Å². The maximum absolute atomic E-state index is 12.1. The highest BCUT2D eigenvalue weighted by Gasteiger charge is 2.27. The molecule has 24 heavy (non-hydrogen) atoms. The summed E-state index contributed by atoms with van der Waals surface area (Å²) in [6, 6.07) is -1.08. The summed E-state index contributed by atoms with van der Waals surface area (Å²) in [5, 5.41) is 11.4. The Bertz CT molecular complexity index is 503. The molecule has 10 heteroatoms. The standard InChI is InChI=1S/C14H21Cl2N3O5/c1-14(2,3)24-13(23)9(5-4-8(20)6-17)19-10(21)7-18-12(22)11(15)16/h6,9,11,17H,4-5,7H2,1-3H3,(H,18,22)(H,19,21). The smallest absolute Gasteiger partial charge is 0.329 e. The first-order chi connectivity index (χ1) is 11.0. The van der Waals surface area contributed by atoms with Crippen molar-refractivity contribution in [2.75, 3.05) is 6.54 Å². The van der Waals surface area contributed by atoms with Gasteiger partial charge in [-0.15, -0.1) is 0 Å². The van der Waals surface area contributed by atoms with Crippen LogP contribution in [-0.4, -0.2) is 52.8 Å². The number of amides is 2. The molecule has 0 saturated carbocycles. The topological polar surface area (TPSA) is 125 Å². The molecule has 0 spiro atoms. The minimum atomic E-state index is -1.32. The van der Waals surface area contributed by atoms with Crippen LogP contribution < -0.4 is 10.6 Å². The molecule has 0 aliphatic heterocycles. The zero-order valence-corrected chi connectivity index (χ0v) is 15.2. The quantitative estimate of drug-likeness (QED) is 0.308. The molecule has 2 amide bonds. The van der Waals surface area contributed by atoms with Crippen molar-refractivity contribution in [3.63, 3.8) is 0 Å². The van der Waals surface area contributed by atoms with Crippen molar-refractivity contribution in [2.45, 2.75) is 50.1 Å². The molecule has 136 valence electrons. The lowest BCUT2D eigenvalue weighted by atomic mass is 10.1. The number of Topliss-reactive ketones (excluding diaryl/α,β-unsaturated/α-hetero) is 1. The first-order valence-corrected chi connectivity index (χ1v) is 7.95. The van der Waals surface area contributed by atoms with Gasteiger partial charge in [0.05, 0.1) is 12.8 Å². The normalized spacial score (nSPS) is 12.2. The van der Waals surface area contributed by atoms with Gasteiger partial charge >= 0.3 is 5.97 Å². The van der Waals surface area contributed by atoms with E-state index in [4.69, 9.17) is 33.3 Å². The Hall–Kier alpha value is -1.67. The fourth-order valence-electron chi connectivity index (χ4n) is 1.47. The zero-order valence-electron chi connectivity index (χ0n) is 13.7. The summed E-state index contributed by atoms with van der Waals surface area (Å²) in [5.74, 6) is -2.62. The second kappa shape index (κ2) is 10.2. The molecule has 0 aliphatic rings. The van der Waals surface area contributed by atoms with Gasteiger partial charge in [0, 0.05) is 6.42 Å². The van der Waals surface area contributed by atoms with Crippen molar-refractivity contribution in [1.29, 1.82) is 5.41 Å². The van der Waals surface area contributed by atoms with Gasteiger partial charge in [-0.05, 0) is 27.2 Å². The van der Waals surface area contributed by atoms with E-state index in [1.54, 1.807) is 20.8 Å². The van der Waals surface area contributed by atoms with Crippen LogP contribution in [0.25, 0.3) is 0 Å².